The molecule has 0 saturated carbocycles. The summed E-state index contributed by atoms with van der Waals surface area (Å²) >= 11 is 3.56. The van der Waals surface area contributed by atoms with E-state index in [0.717, 1.165) is 53.9 Å². The van der Waals surface area contributed by atoms with Crippen LogP contribution in [0.1, 0.15) is 17.8 Å². The van der Waals surface area contributed by atoms with Crippen LogP contribution >= 0.6 is 23.5 Å². The zero-order valence-corrected chi connectivity index (χ0v) is 18.0. The molecule has 0 aliphatic rings. The summed E-state index contributed by atoms with van der Waals surface area (Å²) in [5.74, 6) is 4.27. The number of thioether (sulfide) groups is 2. The molecule has 2 rings (SSSR count). The molecule has 0 saturated heterocycles. The molecule has 10 nitrogen and oxygen atoms in total. The van der Waals surface area contributed by atoms with Gasteiger partial charge >= 0.3 is 0 Å². The lowest BCUT2D eigenvalue weighted by atomic mass is 10.4. The topological polar surface area (TPSA) is 153 Å². The predicted molar refractivity (Wildman–Crippen MR) is 122 cm³/mol. The molecular formula is C17H30N10S2. The van der Waals surface area contributed by atoms with Gasteiger partial charge in [0, 0.05) is 61.6 Å². The van der Waals surface area contributed by atoms with Gasteiger partial charge in [-0.05, 0) is 18.6 Å². The summed E-state index contributed by atoms with van der Waals surface area (Å²) < 4.78 is 0. The third-order valence-electron chi connectivity index (χ3n) is 3.67. The maximum absolute atomic E-state index is 7.83. The largest absolute Gasteiger partial charge is 0.357 e. The minimum Gasteiger partial charge on any atom is -0.357 e. The molecule has 0 radical (unpaired) electrons. The fourth-order valence-electron chi connectivity index (χ4n) is 2.23. The second-order valence-corrected chi connectivity index (χ2v) is 8.26. The van der Waals surface area contributed by atoms with E-state index in [1.54, 1.807) is 23.5 Å². The molecule has 0 amide bonds. The number of aromatic nitrogens is 4. The van der Waals surface area contributed by atoms with Crippen molar-refractivity contribution in [1.29, 1.82) is 10.8 Å². The van der Waals surface area contributed by atoms with Crippen molar-refractivity contribution in [2.75, 3.05) is 37.7 Å². The molecule has 0 spiro atoms. The molecule has 0 unspecified atom stereocenters. The summed E-state index contributed by atoms with van der Waals surface area (Å²) in [5.41, 5.74) is 2.09. The van der Waals surface area contributed by atoms with Crippen LogP contribution in [0.4, 0.5) is 0 Å². The third-order valence-corrected chi connectivity index (χ3v) is 5.66. The van der Waals surface area contributed by atoms with Gasteiger partial charge in [-0.25, -0.2) is 0 Å². The summed E-state index contributed by atoms with van der Waals surface area (Å²) in [7, 11) is 0. The Morgan fingerprint density at radius 1 is 0.759 bits per heavy atom. The van der Waals surface area contributed by atoms with Crippen molar-refractivity contribution in [3.05, 3.63) is 35.9 Å². The van der Waals surface area contributed by atoms with Crippen molar-refractivity contribution in [3.63, 3.8) is 0 Å². The molecule has 0 bridgehead atoms. The third kappa shape index (κ3) is 11.3. The first-order valence-corrected chi connectivity index (χ1v) is 11.8. The Morgan fingerprint density at radius 3 is 1.62 bits per heavy atom. The average molecular weight is 439 g/mol. The predicted octanol–water partition coefficient (Wildman–Crippen LogP) is 0.917. The van der Waals surface area contributed by atoms with Crippen LogP contribution < -0.4 is 21.3 Å². The van der Waals surface area contributed by atoms with Crippen molar-refractivity contribution >= 4 is 35.4 Å². The van der Waals surface area contributed by atoms with Crippen molar-refractivity contribution < 1.29 is 0 Å². The number of nitrogens with zero attached hydrogens (tertiary/aromatic N) is 2. The van der Waals surface area contributed by atoms with Gasteiger partial charge in [0.05, 0.1) is 11.4 Å². The van der Waals surface area contributed by atoms with Crippen LogP contribution in [0.2, 0.25) is 0 Å². The highest BCUT2D eigenvalue weighted by Gasteiger charge is 1.99. The van der Waals surface area contributed by atoms with Gasteiger partial charge in [-0.3, -0.25) is 21.0 Å². The van der Waals surface area contributed by atoms with E-state index in [1.165, 1.54) is 0 Å². The van der Waals surface area contributed by atoms with Gasteiger partial charge < -0.3 is 21.3 Å². The molecule has 160 valence electrons. The van der Waals surface area contributed by atoms with Gasteiger partial charge in [-0.2, -0.15) is 33.7 Å². The number of hydrogen-bond donors (Lipinski definition) is 8. The SMILES string of the molecule is N=C(NCCCNC(=N)NCCSCc1cc[nH]n1)NCCSCc1cc[nH]n1. The molecule has 12 heteroatoms. The number of nitrogens with one attached hydrogen (secondary N) is 8. The summed E-state index contributed by atoms with van der Waals surface area (Å²) in [6.07, 6.45) is 4.47. The van der Waals surface area contributed by atoms with Crippen LogP contribution in [0.15, 0.2) is 24.5 Å². The maximum atomic E-state index is 7.83. The summed E-state index contributed by atoms with van der Waals surface area (Å²) in [6, 6.07) is 3.93. The molecule has 0 aliphatic heterocycles. The van der Waals surface area contributed by atoms with E-state index in [0.29, 0.717) is 25.0 Å². The first kappa shape index (κ1) is 22.9. The Labute approximate surface area is 179 Å². The molecular weight excluding hydrogens is 408 g/mol. The minimum atomic E-state index is 0.340. The highest BCUT2D eigenvalue weighted by atomic mass is 32.2. The Kier molecular flexibility index (Phi) is 11.6. The van der Waals surface area contributed by atoms with Crippen LogP contribution in [-0.4, -0.2) is 70.0 Å². The van der Waals surface area contributed by atoms with Crippen LogP contribution in [0.3, 0.4) is 0 Å². The second kappa shape index (κ2) is 14.6. The average Bonchev–Trinajstić information content (AvgIpc) is 3.41. The summed E-state index contributed by atoms with van der Waals surface area (Å²) in [5, 5.41) is 41.6. The Hall–Kier alpha value is -2.34. The lowest BCUT2D eigenvalue weighted by molar-refractivity contribution is 0.710. The van der Waals surface area contributed by atoms with Crippen molar-refractivity contribution in [2.45, 2.75) is 17.9 Å². The quantitative estimate of drug-likeness (QED) is 0.123. The van der Waals surface area contributed by atoms with Gasteiger partial charge in [-0.15, -0.1) is 0 Å². The van der Waals surface area contributed by atoms with E-state index in [1.807, 2.05) is 24.5 Å². The summed E-state index contributed by atoms with van der Waals surface area (Å²) in [6.45, 7) is 2.86. The van der Waals surface area contributed by atoms with Gasteiger partial charge in [0.2, 0.25) is 0 Å². The van der Waals surface area contributed by atoms with Crippen LogP contribution in [0, 0.1) is 10.8 Å². The van der Waals surface area contributed by atoms with E-state index in [-0.39, 0.29) is 0 Å². The fraction of sp³-hybridized carbons (Fsp3) is 0.529. The molecule has 2 aromatic rings. The molecule has 8 N–H and O–H groups in total. The van der Waals surface area contributed by atoms with E-state index < -0.39 is 0 Å². The van der Waals surface area contributed by atoms with E-state index in [4.69, 9.17) is 10.8 Å². The second-order valence-electron chi connectivity index (χ2n) is 6.05. The minimum absolute atomic E-state index is 0.340. The van der Waals surface area contributed by atoms with Crippen molar-refractivity contribution in [3.8, 4) is 0 Å². The molecule has 0 aromatic carbocycles. The van der Waals surface area contributed by atoms with E-state index >= 15 is 0 Å². The van der Waals surface area contributed by atoms with E-state index in [2.05, 4.69) is 41.7 Å². The molecule has 0 atom stereocenters. The first-order valence-electron chi connectivity index (χ1n) is 9.49. The molecule has 2 aromatic heterocycles. The lowest BCUT2D eigenvalue weighted by Gasteiger charge is -2.12. The monoisotopic (exact) mass is 438 g/mol. The number of H-pyrrole nitrogens is 2. The van der Waals surface area contributed by atoms with Gasteiger partial charge in [0.15, 0.2) is 11.9 Å². The number of hydrogen-bond acceptors (Lipinski definition) is 6. The van der Waals surface area contributed by atoms with Crippen molar-refractivity contribution in [2.24, 2.45) is 0 Å². The molecule has 2 heterocycles. The molecule has 0 aliphatic carbocycles. The van der Waals surface area contributed by atoms with Gasteiger partial charge in [0.1, 0.15) is 0 Å². The Morgan fingerprint density at radius 2 is 1.21 bits per heavy atom. The Balaban J connectivity index is 1.33. The normalized spacial score (nSPS) is 10.5. The lowest BCUT2D eigenvalue weighted by Crippen LogP contribution is -2.40. The maximum Gasteiger partial charge on any atom is 0.188 e. The summed E-state index contributed by atoms with van der Waals surface area (Å²) in [4.78, 5) is 0. The standard InChI is InChI=1S/C17H30N10S2/c18-16(22-8-10-28-12-14-2-6-24-26-14)20-4-1-5-21-17(19)23-9-11-29-13-15-3-7-25-27-15/h2-3,6-7H,1,4-5,8-13H2,(H,24,26)(H,25,27)(H3,18,20,22)(H3,19,21,23). The van der Waals surface area contributed by atoms with E-state index in [9.17, 15) is 0 Å². The van der Waals surface area contributed by atoms with Gasteiger partial charge in [0.25, 0.3) is 0 Å². The number of rotatable bonds is 14. The van der Waals surface area contributed by atoms with Crippen LogP contribution in [0.25, 0.3) is 0 Å². The smallest absolute Gasteiger partial charge is 0.188 e. The Bertz CT molecular complexity index is 616. The highest BCUT2D eigenvalue weighted by Crippen LogP contribution is 2.08. The first-order chi connectivity index (χ1) is 14.2. The van der Waals surface area contributed by atoms with Crippen LogP contribution in [-0.2, 0) is 11.5 Å². The number of guanidine groups is 2. The molecule has 29 heavy (non-hydrogen) atoms. The van der Waals surface area contributed by atoms with Gasteiger partial charge in [-0.1, -0.05) is 0 Å². The zero-order valence-electron chi connectivity index (χ0n) is 16.4. The highest BCUT2D eigenvalue weighted by molar-refractivity contribution is 7.98. The van der Waals surface area contributed by atoms with Crippen molar-refractivity contribution in [1.82, 2.24) is 41.7 Å². The fourth-order valence-corrected chi connectivity index (χ4v) is 3.75. The van der Waals surface area contributed by atoms with Crippen LogP contribution in [0.5, 0.6) is 0 Å². The number of aromatic amines is 2. The zero-order chi connectivity index (χ0) is 20.6. The molecule has 0 fully saturated rings.